The predicted molar refractivity (Wildman–Crippen MR) is 92.6 cm³/mol. The molecule has 0 aromatic carbocycles. The number of pyridine rings is 1. The highest BCUT2D eigenvalue weighted by molar-refractivity contribution is 6.31. The summed E-state index contributed by atoms with van der Waals surface area (Å²) >= 11 is 6.14. The molecule has 6 heteroatoms. The number of amides is 1. The van der Waals surface area contributed by atoms with Crippen LogP contribution in [-0.2, 0) is 4.79 Å². The zero-order valence-corrected chi connectivity index (χ0v) is 14.6. The van der Waals surface area contributed by atoms with Crippen LogP contribution in [0.5, 0.6) is 0 Å². The Morgan fingerprint density at radius 3 is 2.79 bits per heavy atom. The molecule has 2 N–H and O–H groups in total. The van der Waals surface area contributed by atoms with Crippen molar-refractivity contribution in [3.63, 3.8) is 0 Å². The van der Waals surface area contributed by atoms with Gasteiger partial charge in [0.1, 0.15) is 5.82 Å². The molecule has 1 aromatic rings. The Bertz CT molecular complexity index is 575. The molecule has 24 heavy (non-hydrogen) atoms. The molecule has 3 rings (SSSR count). The second-order valence-corrected chi connectivity index (χ2v) is 7.43. The lowest BCUT2D eigenvalue weighted by Gasteiger charge is -2.29. The van der Waals surface area contributed by atoms with E-state index in [1.807, 2.05) is 0 Å². The molecule has 0 spiro atoms. The largest absolute Gasteiger partial charge is 0.356 e. The van der Waals surface area contributed by atoms with E-state index in [2.05, 4.69) is 15.6 Å². The summed E-state index contributed by atoms with van der Waals surface area (Å²) in [5.41, 5.74) is 0.850. The van der Waals surface area contributed by atoms with Crippen molar-refractivity contribution in [1.82, 2.24) is 15.6 Å². The van der Waals surface area contributed by atoms with Crippen LogP contribution in [0.4, 0.5) is 4.39 Å². The zero-order chi connectivity index (χ0) is 16.9. The van der Waals surface area contributed by atoms with Crippen LogP contribution >= 0.6 is 11.6 Å². The van der Waals surface area contributed by atoms with Crippen LogP contribution in [-0.4, -0.2) is 30.0 Å². The molecule has 0 radical (unpaired) electrons. The van der Waals surface area contributed by atoms with E-state index < -0.39 is 0 Å². The number of hydrogen-bond donors (Lipinski definition) is 2. The number of piperidine rings is 1. The quantitative estimate of drug-likeness (QED) is 0.853. The maximum Gasteiger partial charge on any atom is 0.221 e. The molecule has 1 saturated carbocycles. The minimum Gasteiger partial charge on any atom is -0.356 e. The lowest BCUT2D eigenvalue weighted by Crippen LogP contribution is -2.43. The SMILES string of the molecule is O=C1C[C@H](NCC[C@H]2CC[C@@H](c3ncc(F)cc3Cl)CC2)CCN1. The second-order valence-electron chi connectivity index (χ2n) is 7.02. The van der Waals surface area contributed by atoms with Crippen molar-refractivity contribution < 1.29 is 9.18 Å². The number of halogens is 2. The van der Waals surface area contributed by atoms with Crippen LogP contribution in [0, 0.1) is 11.7 Å². The van der Waals surface area contributed by atoms with Gasteiger partial charge in [-0.2, -0.15) is 0 Å². The molecule has 2 aliphatic rings. The molecular weight excluding hydrogens is 329 g/mol. The summed E-state index contributed by atoms with van der Waals surface area (Å²) in [7, 11) is 0. The molecule has 2 fully saturated rings. The van der Waals surface area contributed by atoms with Crippen LogP contribution in [0.1, 0.15) is 56.6 Å². The third kappa shape index (κ3) is 4.67. The fourth-order valence-corrected chi connectivity index (χ4v) is 4.21. The monoisotopic (exact) mass is 353 g/mol. The molecule has 1 aliphatic heterocycles. The summed E-state index contributed by atoms with van der Waals surface area (Å²) in [6.45, 7) is 1.76. The number of nitrogens with one attached hydrogen (secondary N) is 2. The van der Waals surface area contributed by atoms with Gasteiger partial charge < -0.3 is 10.6 Å². The normalized spacial score (nSPS) is 27.8. The minimum absolute atomic E-state index is 0.155. The van der Waals surface area contributed by atoms with Gasteiger partial charge in [0.15, 0.2) is 0 Å². The number of aromatic nitrogens is 1. The average molecular weight is 354 g/mol. The maximum atomic E-state index is 13.1. The first-order valence-corrected chi connectivity index (χ1v) is 9.30. The van der Waals surface area contributed by atoms with Crippen molar-refractivity contribution in [3.8, 4) is 0 Å². The molecule has 4 nitrogen and oxygen atoms in total. The van der Waals surface area contributed by atoms with Gasteiger partial charge in [0.05, 0.1) is 16.9 Å². The highest BCUT2D eigenvalue weighted by Crippen LogP contribution is 2.38. The van der Waals surface area contributed by atoms with Gasteiger partial charge in [0.2, 0.25) is 5.91 Å². The van der Waals surface area contributed by atoms with Crippen molar-refractivity contribution in [1.29, 1.82) is 0 Å². The summed E-state index contributed by atoms with van der Waals surface area (Å²) in [5.74, 6) is 0.845. The number of rotatable bonds is 5. The first kappa shape index (κ1) is 17.6. The summed E-state index contributed by atoms with van der Waals surface area (Å²) < 4.78 is 13.1. The van der Waals surface area contributed by atoms with Crippen molar-refractivity contribution in [2.75, 3.05) is 13.1 Å². The van der Waals surface area contributed by atoms with E-state index in [1.165, 1.54) is 12.3 Å². The second kappa shape index (κ2) is 8.26. The van der Waals surface area contributed by atoms with Crippen LogP contribution in [0.2, 0.25) is 5.02 Å². The number of carbonyl (C=O) groups excluding carboxylic acids is 1. The van der Waals surface area contributed by atoms with E-state index in [9.17, 15) is 9.18 Å². The van der Waals surface area contributed by atoms with Crippen LogP contribution in [0.15, 0.2) is 12.3 Å². The smallest absolute Gasteiger partial charge is 0.221 e. The van der Waals surface area contributed by atoms with Crippen molar-refractivity contribution in [3.05, 3.63) is 28.8 Å². The maximum absolute atomic E-state index is 13.1. The van der Waals surface area contributed by atoms with Crippen LogP contribution < -0.4 is 10.6 Å². The Morgan fingerprint density at radius 2 is 2.08 bits per heavy atom. The van der Waals surface area contributed by atoms with Gasteiger partial charge in [0, 0.05) is 24.9 Å². The van der Waals surface area contributed by atoms with E-state index in [0.717, 1.165) is 57.3 Å². The van der Waals surface area contributed by atoms with Crippen molar-refractivity contribution in [2.45, 2.75) is 56.9 Å². The summed E-state index contributed by atoms with van der Waals surface area (Å²) in [6, 6.07) is 1.69. The Labute approximate surface area is 147 Å². The third-order valence-electron chi connectivity index (χ3n) is 5.30. The third-order valence-corrected chi connectivity index (χ3v) is 5.60. The number of hydrogen-bond acceptors (Lipinski definition) is 3. The van der Waals surface area contributed by atoms with Crippen LogP contribution in [0.25, 0.3) is 0 Å². The van der Waals surface area contributed by atoms with Gasteiger partial charge in [-0.25, -0.2) is 4.39 Å². The number of nitrogens with zero attached hydrogens (tertiary/aromatic N) is 1. The lowest BCUT2D eigenvalue weighted by molar-refractivity contribution is -0.122. The van der Waals surface area contributed by atoms with Gasteiger partial charge in [-0.15, -0.1) is 0 Å². The van der Waals surface area contributed by atoms with Gasteiger partial charge in [0.25, 0.3) is 0 Å². The first-order valence-electron chi connectivity index (χ1n) is 8.93. The van der Waals surface area contributed by atoms with Gasteiger partial charge >= 0.3 is 0 Å². The van der Waals surface area contributed by atoms with E-state index in [-0.39, 0.29) is 11.7 Å². The van der Waals surface area contributed by atoms with E-state index in [1.54, 1.807) is 0 Å². The molecule has 2 heterocycles. The topological polar surface area (TPSA) is 54.0 Å². The molecule has 1 amide bonds. The summed E-state index contributed by atoms with van der Waals surface area (Å²) in [4.78, 5) is 15.6. The fourth-order valence-electron chi connectivity index (χ4n) is 3.90. The molecule has 1 aromatic heterocycles. The van der Waals surface area contributed by atoms with Crippen molar-refractivity contribution in [2.24, 2.45) is 5.92 Å². The Hall–Kier alpha value is -1.20. The summed E-state index contributed by atoms with van der Waals surface area (Å²) in [6.07, 6.45) is 8.48. The molecule has 1 aliphatic carbocycles. The Kier molecular flexibility index (Phi) is 6.06. The predicted octanol–water partition coefficient (Wildman–Crippen LogP) is 3.41. The summed E-state index contributed by atoms with van der Waals surface area (Å²) in [5, 5.41) is 6.84. The van der Waals surface area contributed by atoms with E-state index >= 15 is 0 Å². The first-order chi connectivity index (χ1) is 11.6. The molecule has 1 saturated heterocycles. The standard InChI is InChI=1S/C18H25ClFN3O/c19-16-9-14(20)11-23-18(16)13-3-1-12(2-4-13)5-7-21-15-6-8-22-17(24)10-15/h9,11-13,15,21H,1-8,10H2,(H,22,24)/t12-,13+,15-/m1/s1. The van der Waals surface area contributed by atoms with Gasteiger partial charge in [-0.1, -0.05) is 11.6 Å². The van der Waals surface area contributed by atoms with E-state index in [0.29, 0.717) is 29.3 Å². The molecule has 132 valence electrons. The van der Waals surface area contributed by atoms with Gasteiger partial charge in [-0.05, 0) is 57.1 Å². The average Bonchev–Trinajstić information content (AvgIpc) is 2.56. The zero-order valence-electron chi connectivity index (χ0n) is 13.9. The molecular formula is C18H25ClFN3O. The molecule has 0 bridgehead atoms. The fraction of sp³-hybridized carbons (Fsp3) is 0.667. The Balaban J connectivity index is 1.40. The lowest BCUT2D eigenvalue weighted by atomic mass is 9.79. The van der Waals surface area contributed by atoms with Crippen LogP contribution in [0.3, 0.4) is 0 Å². The Morgan fingerprint density at radius 1 is 1.29 bits per heavy atom. The van der Waals surface area contributed by atoms with Gasteiger partial charge in [-0.3, -0.25) is 9.78 Å². The minimum atomic E-state index is -0.375. The highest BCUT2D eigenvalue weighted by Gasteiger charge is 2.25. The molecule has 1 atom stereocenters. The number of carbonyl (C=O) groups is 1. The highest BCUT2D eigenvalue weighted by atomic mass is 35.5. The van der Waals surface area contributed by atoms with Crippen molar-refractivity contribution >= 4 is 17.5 Å². The molecule has 0 unspecified atom stereocenters. The van der Waals surface area contributed by atoms with E-state index in [4.69, 9.17) is 11.6 Å².